The molecule has 1 aliphatic heterocycles. The van der Waals surface area contributed by atoms with Gasteiger partial charge in [-0.25, -0.2) is 4.98 Å². The maximum Gasteiger partial charge on any atom is 0.137 e. The highest BCUT2D eigenvalue weighted by Gasteiger charge is 2.31. The minimum atomic E-state index is -2.42. The third-order valence-electron chi connectivity index (χ3n) is 15.2. The first-order chi connectivity index (χ1) is 37.3. The number of hydrogen-bond acceptors (Lipinski definition) is 4. The summed E-state index contributed by atoms with van der Waals surface area (Å²) in [7, 11) is 0. The van der Waals surface area contributed by atoms with Gasteiger partial charge in [0.05, 0.1) is 22.4 Å². The number of hydrogen-bond donors (Lipinski definition) is 0. The van der Waals surface area contributed by atoms with Gasteiger partial charge in [0.15, 0.2) is 0 Å². The summed E-state index contributed by atoms with van der Waals surface area (Å²) >= 11 is 0. The molecule has 8 aromatic carbocycles. The molecule has 0 saturated heterocycles. The van der Waals surface area contributed by atoms with E-state index in [4.69, 9.17) is 13.8 Å². The Bertz CT molecular complexity index is 3920. The fourth-order valence-electron chi connectivity index (χ4n) is 10.6. The molecular weight excluding hydrogens is 925 g/mol. The molecule has 5 heteroatoms. The van der Waals surface area contributed by atoms with Gasteiger partial charge in [-0.2, -0.15) is 0 Å². The van der Waals surface area contributed by atoms with Crippen LogP contribution >= 0.6 is 0 Å². The third-order valence-corrected chi connectivity index (χ3v) is 15.2. The Morgan fingerprint density at radius 1 is 0.421 bits per heavy atom. The van der Waals surface area contributed by atoms with Crippen molar-refractivity contribution in [2.75, 3.05) is 16.5 Å². The van der Waals surface area contributed by atoms with Gasteiger partial charge in [0.2, 0.25) is 0 Å². The highest BCUT2D eigenvalue weighted by atomic mass is 16.5. The van der Waals surface area contributed by atoms with Crippen LogP contribution in [0.5, 0.6) is 11.5 Å². The quantitative estimate of drug-likeness (QED) is 0.152. The zero-order valence-corrected chi connectivity index (χ0v) is 46.3. The summed E-state index contributed by atoms with van der Waals surface area (Å²) in [4.78, 5) is 9.96. The molecule has 76 heavy (non-hydrogen) atoms. The van der Waals surface area contributed by atoms with Crippen molar-refractivity contribution in [3.8, 4) is 50.7 Å². The third kappa shape index (κ3) is 9.69. The smallest absolute Gasteiger partial charge is 0.137 e. The van der Waals surface area contributed by atoms with Crippen LogP contribution in [0.2, 0.25) is 0 Å². The minimum Gasteiger partial charge on any atom is -0.457 e. The van der Waals surface area contributed by atoms with E-state index in [0.717, 1.165) is 72.4 Å². The van der Waals surface area contributed by atoms with E-state index in [1.165, 1.54) is 22.3 Å². The van der Waals surface area contributed by atoms with Crippen molar-refractivity contribution in [3.63, 3.8) is 0 Å². The molecule has 0 atom stereocenters. The molecule has 0 radical (unpaired) electrons. The number of anilines is 4. The zero-order valence-electron chi connectivity index (χ0n) is 49.3. The summed E-state index contributed by atoms with van der Waals surface area (Å²) in [6, 6.07) is 64.4. The summed E-state index contributed by atoms with van der Waals surface area (Å²) in [5, 5.41) is 2.02. The van der Waals surface area contributed by atoms with Crippen LogP contribution in [0.15, 0.2) is 188 Å². The maximum absolute atomic E-state index is 8.88. The van der Waals surface area contributed by atoms with E-state index in [1.807, 2.05) is 24.3 Å². The van der Waals surface area contributed by atoms with Gasteiger partial charge in [-0.1, -0.05) is 186 Å². The van der Waals surface area contributed by atoms with Crippen LogP contribution in [0.3, 0.4) is 0 Å². The minimum absolute atomic E-state index is 0.0144. The fourth-order valence-corrected chi connectivity index (χ4v) is 10.6. The lowest BCUT2D eigenvalue weighted by Gasteiger charge is -2.29. The molecule has 2 aromatic heterocycles. The Morgan fingerprint density at radius 2 is 1.01 bits per heavy atom. The summed E-state index contributed by atoms with van der Waals surface area (Å²) < 4.78 is 35.7. The highest BCUT2D eigenvalue weighted by molar-refractivity contribution is 6.11. The summed E-state index contributed by atoms with van der Waals surface area (Å²) in [6.45, 7) is 25.2. The van der Waals surface area contributed by atoms with Crippen molar-refractivity contribution in [3.05, 3.63) is 216 Å². The van der Waals surface area contributed by atoms with Crippen molar-refractivity contribution in [2.45, 2.75) is 112 Å². The Labute approximate surface area is 455 Å². The van der Waals surface area contributed by atoms with E-state index < -0.39 is 6.85 Å². The van der Waals surface area contributed by atoms with Crippen molar-refractivity contribution in [1.82, 2.24) is 9.55 Å². The lowest BCUT2D eigenvalue weighted by Crippen LogP contribution is -2.25. The van der Waals surface area contributed by atoms with E-state index in [1.54, 1.807) is 12.3 Å². The van der Waals surface area contributed by atoms with Gasteiger partial charge in [0.25, 0.3) is 0 Å². The molecule has 3 heterocycles. The summed E-state index contributed by atoms with van der Waals surface area (Å²) in [5.74, 6) is 1.85. The summed E-state index contributed by atoms with van der Waals surface area (Å²) in [6.07, 6.45) is 1.74. The Kier molecular flexibility index (Phi) is 11.5. The largest absolute Gasteiger partial charge is 0.457 e. The van der Waals surface area contributed by atoms with Crippen LogP contribution in [-0.4, -0.2) is 16.2 Å². The molecule has 11 rings (SSSR count). The van der Waals surface area contributed by atoms with Gasteiger partial charge in [0.1, 0.15) is 24.0 Å². The van der Waals surface area contributed by atoms with E-state index >= 15 is 0 Å². The van der Waals surface area contributed by atoms with Crippen LogP contribution in [0.25, 0.3) is 61.0 Å². The van der Waals surface area contributed by atoms with Crippen molar-refractivity contribution in [2.24, 2.45) is 0 Å². The number of benzene rings is 8. The molecule has 0 spiro atoms. The van der Waals surface area contributed by atoms with Crippen LogP contribution < -0.4 is 14.5 Å². The standard InChI is InChI=1S/C71H72N4O/c1-46-34-67(72-44-62(46)51-23-18-25-53(36-51)69(5,6)7)75-63-32-28-49(48-22-17-24-52(35-48)68(2,3)4)37-61(63)60-31-30-59(43-65(60)75)76-58-27-19-26-56(42-58)73-45-74(57-40-54(70(8,9)10)39-55(41-57)71(11,12)13)66-38-50(29-33-64(66)73)47-20-15-14-16-21-47/h14-44H,45H2,1-13H3/i1D3. The first-order valence-corrected chi connectivity index (χ1v) is 26.8. The van der Waals surface area contributed by atoms with Crippen LogP contribution in [0, 0.1) is 6.85 Å². The number of rotatable bonds is 8. The monoisotopic (exact) mass is 1000 g/mol. The molecule has 0 saturated carbocycles. The molecule has 0 fully saturated rings. The lowest BCUT2D eigenvalue weighted by atomic mass is 9.80. The predicted molar refractivity (Wildman–Crippen MR) is 323 cm³/mol. The number of pyridine rings is 1. The molecule has 1 aliphatic rings. The first kappa shape index (κ1) is 46.6. The Morgan fingerprint density at radius 3 is 1.70 bits per heavy atom. The van der Waals surface area contributed by atoms with Crippen molar-refractivity contribution >= 4 is 44.6 Å². The molecule has 5 nitrogen and oxygen atoms in total. The van der Waals surface area contributed by atoms with Gasteiger partial charge in [-0.15, -0.1) is 0 Å². The second kappa shape index (κ2) is 18.7. The van der Waals surface area contributed by atoms with Gasteiger partial charge in [-0.05, 0) is 151 Å². The predicted octanol–water partition coefficient (Wildman–Crippen LogP) is 19.7. The topological polar surface area (TPSA) is 33.5 Å². The number of fused-ring (bicyclic) bond motifs is 4. The van der Waals surface area contributed by atoms with Crippen LogP contribution in [0.1, 0.15) is 115 Å². The second-order valence-corrected chi connectivity index (χ2v) is 24.9. The number of aryl methyl sites for hydroxylation is 1. The number of ether oxygens (including phenoxy) is 1. The molecule has 0 N–H and O–H groups in total. The second-order valence-electron chi connectivity index (χ2n) is 24.9. The van der Waals surface area contributed by atoms with Crippen molar-refractivity contribution in [1.29, 1.82) is 0 Å². The first-order valence-electron chi connectivity index (χ1n) is 28.3. The number of aromatic nitrogens is 2. The average Bonchev–Trinajstić information content (AvgIpc) is 4.22. The summed E-state index contributed by atoms with van der Waals surface area (Å²) in [5.41, 5.74) is 17.2. The molecule has 0 unspecified atom stereocenters. The van der Waals surface area contributed by atoms with E-state index in [2.05, 4.69) is 249 Å². The molecule has 10 aromatic rings. The van der Waals surface area contributed by atoms with Crippen LogP contribution in [0.4, 0.5) is 22.7 Å². The van der Waals surface area contributed by atoms with Gasteiger partial charge < -0.3 is 14.5 Å². The fraction of sp³-hybridized carbons (Fsp3) is 0.254. The van der Waals surface area contributed by atoms with Gasteiger partial charge in [0, 0.05) is 50.2 Å². The molecule has 0 bridgehead atoms. The van der Waals surface area contributed by atoms with E-state index in [9.17, 15) is 0 Å². The van der Waals surface area contributed by atoms with Gasteiger partial charge in [-0.3, -0.25) is 4.57 Å². The normalized spacial score (nSPS) is 14.0. The maximum atomic E-state index is 8.88. The molecule has 0 aliphatic carbocycles. The number of nitrogens with zero attached hydrogens (tertiary/aromatic N) is 4. The van der Waals surface area contributed by atoms with Crippen molar-refractivity contribution < 1.29 is 8.85 Å². The lowest BCUT2D eigenvalue weighted by molar-refractivity contribution is 0.483. The van der Waals surface area contributed by atoms with Crippen LogP contribution in [-0.2, 0) is 21.7 Å². The molecular formula is C71H72N4O. The molecule has 0 amide bonds. The Balaban J connectivity index is 1.02. The van der Waals surface area contributed by atoms with E-state index in [-0.39, 0.29) is 27.2 Å². The SMILES string of the molecule is [2H]C([2H])([2H])c1cc(-n2c3ccc(-c4cccc(C(C)(C)C)c4)cc3c3ccc(Oc4cccc(N5CN(c6cc(C(C)(C)C)cc(C(C)(C)C)c6)c6cc(-c7ccccc7)ccc65)c4)cc32)ncc1-c1cccc(C(C)(C)C)c1. The van der Waals surface area contributed by atoms with Gasteiger partial charge >= 0.3 is 0 Å². The molecule has 382 valence electrons. The average molecular weight is 1000 g/mol. The Hall–Kier alpha value is -7.89. The zero-order chi connectivity index (χ0) is 56.0. The van der Waals surface area contributed by atoms with E-state index in [0.29, 0.717) is 29.5 Å². The highest BCUT2D eigenvalue weighted by Crippen LogP contribution is 2.48.